The minimum absolute atomic E-state index is 0.232. The smallest absolute Gasteiger partial charge is 0.247 e. The summed E-state index contributed by atoms with van der Waals surface area (Å²) in [5.74, 6) is 0. The Hall–Kier alpha value is -2.11. The standard InChI is InChI=1S/C13H19N3O3/c1-4-7-9-15-11(17)14(6-3)12(18)16(13(15)19)10-8-5-2/h4-5H,1-2,6-10H2,3H3. The van der Waals surface area contributed by atoms with E-state index in [0.29, 0.717) is 12.8 Å². The summed E-state index contributed by atoms with van der Waals surface area (Å²) in [5.41, 5.74) is -1.69. The molecular weight excluding hydrogens is 246 g/mol. The molecule has 0 atom stereocenters. The molecule has 1 aromatic rings. The van der Waals surface area contributed by atoms with Crippen molar-refractivity contribution >= 4 is 0 Å². The molecule has 6 nitrogen and oxygen atoms in total. The van der Waals surface area contributed by atoms with Crippen LogP contribution < -0.4 is 17.1 Å². The molecule has 19 heavy (non-hydrogen) atoms. The average molecular weight is 265 g/mol. The van der Waals surface area contributed by atoms with Crippen LogP contribution in [-0.4, -0.2) is 13.7 Å². The fourth-order valence-corrected chi connectivity index (χ4v) is 1.78. The van der Waals surface area contributed by atoms with Crippen LogP contribution in [0.1, 0.15) is 19.8 Å². The van der Waals surface area contributed by atoms with E-state index in [1.807, 2.05) is 0 Å². The number of nitrogens with zero attached hydrogens (tertiary/aromatic N) is 3. The fourth-order valence-electron chi connectivity index (χ4n) is 1.78. The maximum atomic E-state index is 12.1. The zero-order valence-corrected chi connectivity index (χ0v) is 11.2. The molecule has 0 N–H and O–H groups in total. The van der Waals surface area contributed by atoms with Crippen molar-refractivity contribution in [1.29, 1.82) is 0 Å². The van der Waals surface area contributed by atoms with Gasteiger partial charge >= 0.3 is 17.1 Å². The molecule has 1 rings (SSSR count). The highest BCUT2D eigenvalue weighted by Crippen LogP contribution is 1.86. The van der Waals surface area contributed by atoms with Gasteiger partial charge in [0.2, 0.25) is 0 Å². The summed E-state index contributed by atoms with van der Waals surface area (Å²) in [6.07, 6.45) is 4.25. The molecule has 0 aromatic carbocycles. The summed E-state index contributed by atoms with van der Waals surface area (Å²) in [5, 5.41) is 0. The van der Waals surface area contributed by atoms with Crippen molar-refractivity contribution in [1.82, 2.24) is 13.7 Å². The summed E-state index contributed by atoms with van der Waals surface area (Å²) in [6, 6.07) is 0. The van der Waals surface area contributed by atoms with Gasteiger partial charge in [0, 0.05) is 19.6 Å². The minimum atomic E-state index is -0.566. The van der Waals surface area contributed by atoms with Crippen LogP contribution in [-0.2, 0) is 19.6 Å². The largest absolute Gasteiger partial charge is 0.336 e. The Morgan fingerprint density at radius 2 is 1.21 bits per heavy atom. The van der Waals surface area contributed by atoms with Crippen molar-refractivity contribution in [2.75, 3.05) is 0 Å². The molecule has 0 bridgehead atoms. The van der Waals surface area contributed by atoms with Gasteiger partial charge in [-0.2, -0.15) is 0 Å². The third kappa shape index (κ3) is 3.01. The van der Waals surface area contributed by atoms with Crippen LogP contribution in [0.3, 0.4) is 0 Å². The summed E-state index contributed by atoms with van der Waals surface area (Å²) in [4.78, 5) is 36.2. The lowest BCUT2D eigenvalue weighted by molar-refractivity contribution is 0.456. The average Bonchev–Trinajstić information content (AvgIpc) is 2.39. The van der Waals surface area contributed by atoms with E-state index in [4.69, 9.17) is 0 Å². The van der Waals surface area contributed by atoms with E-state index in [9.17, 15) is 14.4 Å². The monoisotopic (exact) mass is 265 g/mol. The number of hydrogen-bond donors (Lipinski definition) is 0. The SMILES string of the molecule is C=CCCn1c(=O)n(CC)c(=O)n(CCC=C)c1=O. The van der Waals surface area contributed by atoms with E-state index < -0.39 is 17.1 Å². The van der Waals surface area contributed by atoms with Crippen LogP contribution in [0.4, 0.5) is 0 Å². The highest BCUT2D eigenvalue weighted by atomic mass is 16.2. The normalized spacial score (nSPS) is 10.4. The first-order valence-electron chi connectivity index (χ1n) is 6.24. The van der Waals surface area contributed by atoms with Gasteiger partial charge in [-0.1, -0.05) is 12.2 Å². The quantitative estimate of drug-likeness (QED) is 0.668. The van der Waals surface area contributed by atoms with E-state index in [2.05, 4.69) is 13.2 Å². The van der Waals surface area contributed by atoms with Crippen molar-refractivity contribution in [3.63, 3.8) is 0 Å². The molecule has 0 saturated heterocycles. The predicted octanol–water partition coefficient (Wildman–Crippen LogP) is 0.344. The highest BCUT2D eigenvalue weighted by molar-refractivity contribution is 4.81. The number of aromatic nitrogens is 3. The van der Waals surface area contributed by atoms with Gasteiger partial charge in [-0.3, -0.25) is 0 Å². The Kier molecular flexibility index (Phi) is 5.29. The fraction of sp³-hybridized carbons (Fsp3) is 0.462. The molecule has 0 aliphatic carbocycles. The van der Waals surface area contributed by atoms with E-state index in [-0.39, 0.29) is 19.6 Å². The van der Waals surface area contributed by atoms with Gasteiger partial charge in [-0.15, -0.1) is 13.2 Å². The van der Waals surface area contributed by atoms with E-state index >= 15 is 0 Å². The Labute approximate surface area is 110 Å². The zero-order valence-electron chi connectivity index (χ0n) is 11.2. The Bertz CT molecular complexity index is 584. The van der Waals surface area contributed by atoms with Gasteiger partial charge in [0.1, 0.15) is 0 Å². The van der Waals surface area contributed by atoms with Gasteiger partial charge in [-0.05, 0) is 19.8 Å². The maximum Gasteiger partial charge on any atom is 0.336 e. The van der Waals surface area contributed by atoms with Crippen LogP contribution in [0.25, 0.3) is 0 Å². The summed E-state index contributed by atoms with van der Waals surface area (Å²) in [6.45, 7) is 9.52. The third-order valence-electron chi connectivity index (χ3n) is 2.82. The van der Waals surface area contributed by atoms with Gasteiger partial charge in [0.05, 0.1) is 0 Å². The highest BCUT2D eigenvalue weighted by Gasteiger charge is 2.13. The lowest BCUT2D eigenvalue weighted by Crippen LogP contribution is -2.54. The van der Waals surface area contributed by atoms with Crippen LogP contribution in [0.15, 0.2) is 39.7 Å². The van der Waals surface area contributed by atoms with Gasteiger partial charge in [0.25, 0.3) is 0 Å². The van der Waals surface area contributed by atoms with Crippen molar-refractivity contribution in [2.45, 2.75) is 39.4 Å². The topological polar surface area (TPSA) is 66.0 Å². The van der Waals surface area contributed by atoms with Crippen LogP contribution in [0, 0.1) is 0 Å². The predicted molar refractivity (Wildman–Crippen MR) is 74.5 cm³/mol. The van der Waals surface area contributed by atoms with Crippen molar-refractivity contribution in [3.05, 3.63) is 56.8 Å². The molecule has 104 valence electrons. The Morgan fingerprint density at radius 1 is 0.842 bits per heavy atom. The lowest BCUT2D eigenvalue weighted by Gasteiger charge is -2.11. The second kappa shape index (κ2) is 6.72. The molecule has 0 aliphatic rings. The molecule has 0 fully saturated rings. The zero-order chi connectivity index (χ0) is 14.4. The van der Waals surface area contributed by atoms with Crippen molar-refractivity contribution in [2.24, 2.45) is 0 Å². The van der Waals surface area contributed by atoms with E-state index in [1.165, 1.54) is 0 Å². The Morgan fingerprint density at radius 3 is 1.53 bits per heavy atom. The Balaban J connectivity index is 3.51. The second-order valence-corrected chi connectivity index (χ2v) is 4.05. The number of rotatable bonds is 7. The summed E-state index contributed by atoms with van der Waals surface area (Å²) >= 11 is 0. The molecule has 0 aliphatic heterocycles. The van der Waals surface area contributed by atoms with Crippen molar-refractivity contribution in [3.8, 4) is 0 Å². The molecule has 0 unspecified atom stereocenters. The second-order valence-electron chi connectivity index (χ2n) is 4.05. The number of allylic oxidation sites excluding steroid dienone is 2. The molecule has 1 aromatic heterocycles. The minimum Gasteiger partial charge on any atom is -0.247 e. The van der Waals surface area contributed by atoms with Gasteiger partial charge < -0.3 is 0 Å². The molecule has 6 heteroatoms. The molecule has 0 saturated carbocycles. The number of hydrogen-bond acceptors (Lipinski definition) is 3. The summed E-state index contributed by atoms with van der Waals surface area (Å²) < 4.78 is 3.22. The van der Waals surface area contributed by atoms with Crippen LogP contribution in [0.5, 0.6) is 0 Å². The lowest BCUT2D eigenvalue weighted by atomic mass is 10.4. The first-order chi connectivity index (χ1) is 9.08. The van der Waals surface area contributed by atoms with E-state index in [0.717, 1.165) is 13.7 Å². The molecule has 0 radical (unpaired) electrons. The van der Waals surface area contributed by atoms with Crippen molar-refractivity contribution < 1.29 is 0 Å². The molecule has 0 spiro atoms. The van der Waals surface area contributed by atoms with E-state index in [1.54, 1.807) is 19.1 Å². The first-order valence-corrected chi connectivity index (χ1v) is 6.24. The van der Waals surface area contributed by atoms with Crippen LogP contribution >= 0.6 is 0 Å². The summed E-state index contributed by atoms with van der Waals surface area (Å²) in [7, 11) is 0. The first kappa shape index (κ1) is 14.9. The van der Waals surface area contributed by atoms with Crippen LogP contribution in [0.2, 0.25) is 0 Å². The maximum absolute atomic E-state index is 12.1. The molecular formula is C13H19N3O3. The molecule has 1 heterocycles. The van der Waals surface area contributed by atoms with Gasteiger partial charge in [0.15, 0.2) is 0 Å². The third-order valence-corrected chi connectivity index (χ3v) is 2.82. The molecule has 0 amide bonds. The van der Waals surface area contributed by atoms with Gasteiger partial charge in [-0.25, -0.2) is 28.1 Å².